The molecule has 0 nitrogen and oxygen atoms in total. The quantitative estimate of drug-likeness (QED) is 0.198. The van der Waals surface area contributed by atoms with E-state index in [0.29, 0.717) is 0 Å². The van der Waals surface area contributed by atoms with Crippen LogP contribution in [-0.4, -0.2) is 8.07 Å². The summed E-state index contributed by atoms with van der Waals surface area (Å²) in [4.78, 5) is 0. The molecule has 0 saturated heterocycles. The molecule has 0 radical (unpaired) electrons. The van der Waals surface area contributed by atoms with Crippen molar-refractivity contribution in [2.45, 2.75) is 52.8 Å². The van der Waals surface area contributed by atoms with Gasteiger partial charge in [-0.05, 0) is 69.3 Å². The predicted molar refractivity (Wildman–Crippen MR) is 123 cm³/mol. The van der Waals surface area contributed by atoms with Crippen LogP contribution in [0.5, 0.6) is 0 Å². The van der Waals surface area contributed by atoms with E-state index < -0.39 is 8.07 Å². The molecule has 134 valence electrons. The first-order chi connectivity index (χ1) is 11.9. The number of benzene rings is 3. The van der Waals surface area contributed by atoms with Crippen LogP contribution in [0.25, 0.3) is 21.5 Å². The van der Waals surface area contributed by atoms with Gasteiger partial charge in [0.15, 0.2) is 0 Å². The van der Waals surface area contributed by atoms with Crippen molar-refractivity contribution in [3.63, 3.8) is 0 Å². The Morgan fingerprint density at radius 2 is 1.50 bits per heavy atom. The van der Waals surface area contributed by atoms with Crippen LogP contribution < -0.4 is 0 Å². The highest BCUT2D eigenvalue weighted by atomic mass is 79.9. The Morgan fingerprint density at radius 3 is 2.12 bits per heavy atom. The van der Waals surface area contributed by atoms with Crippen molar-refractivity contribution in [2.75, 3.05) is 0 Å². The summed E-state index contributed by atoms with van der Waals surface area (Å²) in [7, 11) is -1.38. The van der Waals surface area contributed by atoms with Gasteiger partial charge in [-0.3, -0.25) is 0 Å². The van der Waals surface area contributed by atoms with Gasteiger partial charge in [0, 0.05) is 10.0 Å². The second-order valence-electron chi connectivity index (χ2n) is 9.30. The standard InChI is InChI=1S/C24H27BrSi/c1-16-10-20(24(2,3)4)14-19-13-18-11-17(8-9-26(5,6)7)12-23(25)22(18)15-21(16)19/h10-15H,1-7H3. The zero-order chi connectivity index (χ0) is 19.3. The molecule has 26 heavy (non-hydrogen) atoms. The lowest BCUT2D eigenvalue weighted by molar-refractivity contribution is 0.590. The highest BCUT2D eigenvalue weighted by Crippen LogP contribution is 2.34. The third-order valence-electron chi connectivity index (χ3n) is 4.63. The van der Waals surface area contributed by atoms with Crippen LogP contribution >= 0.6 is 15.9 Å². The maximum absolute atomic E-state index is 3.77. The summed E-state index contributed by atoms with van der Waals surface area (Å²) in [6.07, 6.45) is 0. The molecule has 0 saturated carbocycles. The summed E-state index contributed by atoms with van der Waals surface area (Å²) in [6.45, 7) is 15.9. The molecule has 0 heterocycles. The largest absolute Gasteiger partial charge is 0.129 e. The fourth-order valence-electron chi connectivity index (χ4n) is 3.13. The average Bonchev–Trinajstić information content (AvgIpc) is 2.50. The number of aryl methyl sites for hydroxylation is 1. The van der Waals surface area contributed by atoms with Gasteiger partial charge < -0.3 is 0 Å². The third-order valence-corrected chi connectivity index (χ3v) is 6.16. The molecule has 2 heteroatoms. The van der Waals surface area contributed by atoms with Gasteiger partial charge in [-0.15, -0.1) is 5.54 Å². The first-order valence-electron chi connectivity index (χ1n) is 9.15. The summed E-state index contributed by atoms with van der Waals surface area (Å²) in [5, 5.41) is 5.14. The third kappa shape index (κ3) is 4.05. The van der Waals surface area contributed by atoms with Crippen molar-refractivity contribution < 1.29 is 0 Å². The fourth-order valence-corrected chi connectivity index (χ4v) is 4.24. The van der Waals surface area contributed by atoms with E-state index in [1.165, 1.54) is 32.7 Å². The molecule has 0 aliphatic heterocycles. The van der Waals surface area contributed by atoms with Crippen LogP contribution in [-0.2, 0) is 5.41 Å². The molecule has 3 rings (SSSR count). The normalized spacial score (nSPS) is 12.3. The molecule has 0 N–H and O–H groups in total. The second-order valence-corrected chi connectivity index (χ2v) is 14.9. The maximum atomic E-state index is 3.77. The van der Waals surface area contributed by atoms with Crippen molar-refractivity contribution in [1.82, 2.24) is 0 Å². The zero-order valence-electron chi connectivity index (χ0n) is 16.8. The van der Waals surface area contributed by atoms with Gasteiger partial charge in [-0.25, -0.2) is 0 Å². The summed E-state index contributed by atoms with van der Waals surface area (Å²) >= 11 is 3.77. The Balaban J connectivity index is 2.27. The van der Waals surface area contributed by atoms with E-state index in [1.54, 1.807) is 0 Å². The van der Waals surface area contributed by atoms with E-state index in [2.05, 4.69) is 111 Å². The molecule has 0 spiro atoms. The highest BCUT2D eigenvalue weighted by molar-refractivity contribution is 9.10. The highest BCUT2D eigenvalue weighted by Gasteiger charge is 2.16. The van der Waals surface area contributed by atoms with E-state index in [1.807, 2.05) is 0 Å². The number of halogens is 1. The topological polar surface area (TPSA) is 0 Å². The van der Waals surface area contributed by atoms with Gasteiger partial charge in [0.05, 0.1) is 0 Å². The fraction of sp³-hybridized carbons (Fsp3) is 0.333. The molecule has 0 bridgehead atoms. The molecule has 0 fully saturated rings. The molecule has 0 aromatic heterocycles. The lowest BCUT2D eigenvalue weighted by Crippen LogP contribution is -2.16. The van der Waals surface area contributed by atoms with Gasteiger partial charge in [0.1, 0.15) is 8.07 Å². The lowest BCUT2D eigenvalue weighted by atomic mass is 9.84. The Labute approximate surface area is 167 Å². The van der Waals surface area contributed by atoms with E-state index in [4.69, 9.17) is 0 Å². The average molecular weight is 423 g/mol. The number of rotatable bonds is 0. The minimum atomic E-state index is -1.38. The van der Waals surface area contributed by atoms with Crippen LogP contribution in [0.3, 0.4) is 0 Å². The first kappa shape index (κ1) is 19.2. The van der Waals surface area contributed by atoms with Crippen LogP contribution in [0, 0.1) is 18.4 Å². The van der Waals surface area contributed by atoms with E-state index >= 15 is 0 Å². The Kier molecular flexibility index (Phi) is 4.84. The lowest BCUT2D eigenvalue weighted by Gasteiger charge is -2.21. The number of hydrogen-bond acceptors (Lipinski definition) is 0. The minimum Gasteiger partial charge on any atom is -0.127 e. The van der Waals surface area contributed by atoms with E-state index in [9.17, 15) is 0 Å². The van der Waals surface area contributed by atoms with Crippen LogP contribution in [0.1, 0.15) is 37.5 Å². The van der Waals surface area contributed by atoms with Crippen LogP contribution in [0.2, 0.25) is 19.6 Å². The van der Waals surface area contributed by atoms with Crippen molar-refractivity contribution >= 4 is 45.5 Å². The Hall–Kier alpha value is -1.56. The summed E-state index contributed by atoms with van der Waals surface area (Å²) in [5.41, 5.74) is 7.44. The van der Waals surface area contributed by atoms with Crippen LogP contribution in [0.15, 0.2) is 40.9 Å². The molecule has 3 aromatic carbocycles. The van der Waals surface area contributed by atoms with Gasteiger partial charge in [0.2, 0.25) is 0 Å². The van der Waals surface area contributed by atoms with Crippen molar-refractivity contribution in [3.8, 4) is 11.5 Å². The number of hydrogen-bond donors (Lipinski definition) is 0. The summed E-state index contributed by atoms with van der Waals surface area (Å²) in [5.74, 6) is 3.39. The van der Waals surface area contributed by atoms with Crippen molar-refractivity contribution in [3.05, 3.63) is 57.6 Å². The summed E-state index contributed by atoms with van der Waals surface area (Å²) < 4.78 is 1.12. The van der Waals surface area contributed by atoms with Gasteiger partial charge in [0.25, 0.3) is 0 Å². The molecule has 0 atom stereocenters. The van der Waals surface area contributed by atoms with Crippen molar-refractivity contribution in [2.24, 2.45) is 0 Å². The molecular weight excluding hydrogens is 396 g/mol. The van der Waals surface area contributed by atoms with Gasteiger partial charge in [-0.2, -0.15) is 0 Å². The van der Waals surface area contributed by atoms with Crippen molar-refractivity contribution in [1.29, 1.82) is 0 Å². The number of fused-ring (bicyclic) bond motifs is 2. The first-order valence-corrected chi connectivity index (χ1v) is 13.4. The molecule has 0 amide bonds. The maximum Gasteiger partial charge on any atom is 0.129 e. The van der Waals surface area contributed by atoms with Crippen LogP contribution in [0.4, 0.5) is 0 Å². The zero-order valence-corrected chi connectivity index (χ0v) is 19.4. The van der Waals surface area contributed by atoms with E-state index in [0.717, 1.165) is 10.0 Å². The van der Waals surface area contributed by atoms with Gasteiger partial charge in [-0.1, -0.05) is 74.4 Å². The van der Waals surface area contributed by atoms with E-state index in [-0.39, 0.29) is 5.41 Å². The molecule has 3 aromatic rings. The SMILES string of the molecule is Cc1cc(C(C)(C)C)cc2cc3cc(C#C[Si](C)(C)C)cc(Br)c3cc12. The predicted octanol–water partition coefficient (Wildman–Crippen LogP) is 7.59. The monoisotopic (exact) mass is 422 g/mol. The molecular formula is C24H27BrSi. The summed E-state index contributed by atoms with van der Waals surface area (Å²) in [6, 6.07) is 13.7. The molecule has 0 aliphatic carbocycles. The second kappa shape index (κ2) is 6.55. The molecule has 0 unspecified atom stereocenters. The Morgan fingerprint density at radius 1 is 0.846 bits per heavy atom. The minimum absolute atomic E-state index is 0.152. The molecule has 0 aliphatic rings. The smallest absolute Gasteiger partial charge is 0.127 e. The van der Waals surface area contributed by atoms with Gasteiger partial charge >= 0.3 is 0 Å². The Bertz CT molecular complexity index is 1070.